The Morgan fingerprint density at radius 2 is 1.84 bits per heavy atom. The Bertz CT molecular complexity index is 256. The van der Waals surface area contributed by atoms with Gasteiger partial charge in [-0.2, -0.15) is 0 Å². The minimum Gasteiger partial charge on any atom is -0.393 e. The summed E-state index contributed by atoms with van der Waals surface area (Å²) in [5.41, 5.74) is 0.384. The fraction of sp³-hybridized carbons (Fsp3) is 1.00. The Morgan fingerprint density at radius 1 is 1.21 bits per heavy atom. The molecule has 3 atom stereocenters. The summed E-state index contributed by atoms with van der Waals surface area (Å²) in [4.78, 5) is 2.42. The highest BCUT2D eigenvalue weighted by Gasteiger charge is 2.35. The van der Waals surface area contributed by atoms with Crippen LogP contribution < -0.4 is 0 Å². The molecular formula is C17H35NO. The van der Waals surface area contributed by atoms with Crippen LogP contribution in [0.5, 0.6) is 0 Å². The van der Waals surface area contributed by atoms with E-state index in [4.69, 9.17) is 0 Å². The van der Waals surface area contributed by atoms with Crippen LogP contribution in [0.4, 0.5) is 0 Å². The van der Waals surface area contributed by atoms with Crippen molar-refractivity contribution in [2.75, 3.05) is 20.1 Å². The molecule has 0 spiro atoms. The Morgan fingerprint density at radius 3 is 2.37 bits per heavy atom. The minimum absolute atomic E-state index is 0.0832. The van der Waals surface area contributed by atoms with Crippen LogP contribution in [0.3, 0.4) is 0 Å². The van der Waals surface area contributed by atoms with Crippen LogP contribution in [0.1, 0.15) is 60.3 Å². The molecule has 0 aromatic rings. The van der Waals surface area contributed by atoms with Crippen LogP contribution in [-0.4, -0.2) is 36.2 Å². The maximum Gasteiger partial charge on any atom is 0.0580 e. The number of aliphatic hydroxyl groups excluding tert-OH is 1. The summed E-state index contributed by atoms with van der Waals surface area (Å²) in [6.07, 6.45) is 4.54. The second-order valence-electron chi connectivity index (χ2n) is 8.15. The first-order chi connectivity index (χ1) is 8.70. The zero-order valence-corrected chi connectivity index (χ0v) is 13.9. The van der Waals surface area contributed by atoms with Crippen molar-refractivity contribution < 1.29 is 5.11 Å². The van der Waals surface area contributed by atoms with Crippen LogP contribution >= 0.6 is 0 Å². The van der Waals surface area contributed by atoms with E-state index < -0.39 is 0 Å². The maximum atomic E-state index is 10.3. The SMILES string of the molecule is CC(C)CCN(C)CC1CC(C(C)(C)C)CCC1O. The van der Waals surface area contributed by atoms with Crippen molar-refractivity contribution in [1.82, 2.24) is 4.90 Å². The van der Waals surface area contributed by atoms with Gasteiger partial charge in [0.2, 0.25) is 0 Å². The van der Waals surface area contributed by atoms with Gasteiger partial charge < -0.3 is 10.0 Å². The lowest BCUT2D eigenvalue weighted by Gasteiger charge is -2.41. The Labute approximate surface area is 120 Å². The minimum atomic E-state index is -0.0832. The van der Waals surface area contributed by atoms with Crippen LogP contribution in [0.2, 0.25) is 0 Å². The molecule has 0 radical (unpaired) electrons. The summed E-state index contributed by atoms with van der Waals surface area (Å²) in [5.74, 6) is 2.00. The van der Waals surface area contributed by atoms with Crippen LogP contribution in [0, 0.1) is 23.2 Å². The summed E-state index contributed by atoms with van der Waals surface area (Å²) >= 11 is 0. The molecule has 0 aromatic heterocycles. The maximum absolute atomic E-state index is 10.3. The molecule has 2 nitrogen and oxygen atoms in total. The van der Waals surface area contributed by atoms with Gasteiger partial charge >= 0.3 is 0 Å². The number of hydrogen-bond acceptors (Lipinski definition) is 2. The molecule has 0 aromatic carbocycles. The molecule has 1 rings (SSSR count). The van der Waals surface area contributed by atoms with E-state index in [9.17, 15) is 5.11 Å². The van der Waals surface area contributed by atoms with E-state index >= 15 is 0 Å². The van der Waals surface area contributed by atoms with Crippen molar-refractivity contribution in [1.29, 1.82) is 0 Å². The lowest BCUT2D eigenvalue weighted by molar-refractivity contribution is 0.00612. The quantitative estimate of drug-likeness (QED) is 0.821. The molecule has 2 heteroatoms. The third-order valence-corrected chi connectivity index (χ3v) is 4.80. The fourth-order valence-electron chi connectivity index (χ4n) is 3.20. The number of hydrogen-bond donors (Lipinski definition) is 1. The van der Waals surface area contributed by atoms with E-state index in [-0.39, 0.29) is 6.10 Å². The second-order valence-corrected chi connectivity index (χ2v) is 8.15. The Kier molecular flexibility index (Phi) is 6.32. The molecule has 0 bridgehead atoms. The van der Waals surface area contributed by atoms with Gasteiger partial charge in [0.05, 0.1) is 6.10 Å². The lowest BCUT2D eigenvalue weighted by Crippen LogP contribution is -2.40. The first-order valence-electron chi connectivity index (χ1n) is 8.06. The number of nitrogens with zero attached hydrogens (tertiary/aromatic N) is 1. The predicted molar refractivity (Wildman–Crippen MR) is 83.2 cm³/mol. The van der Waals surface area contributed by atoms with E-state index in [1.807, 2.05) is 0 Å². The average Bonchev–Trinajstić information content (AvgIpc) is 2.28. The zero-order chi connectivity index (χ0) is 14.6. The molecule has 1 fully saturated rings. The first-order valence-corrected chi connectivity index (χ1v) is 8.06. The molecule has 0 heterocycles. The Balaban J connectivity index is 2.46. The summed E-state index contributed by atoms with van der Waals surface area (Å²) in [5, 5.41) is 10.3. The molecule has 0 saturated heterocycles. The topological polar surface area (TPSA) is 23.5 Å². The van der Waals surface area contributed by atoms with Gasteiger partial charge in [-0.25, -0.2) is 0 Å². The Hall–Kier alpha value is -0.0800. The van der Waals surface area contributed by atoms with Gasteiger partial charge in [-0.05, 0) is 62.4 Å². The van der Waals surface area contributed by atoms with Crippen LogP contribution in [0.15, 0.2) is 0 Å². The zero-order valence-electron chi connectivity index (χ0n) is 13.9. The summed E-state index contributed by atoms with van der Waals surface area (Å²) in [6, 6.07) is 0. The van der Waals surface area contributed by atoms with Crippen molar-refractivity contribution in [2.24, 2.45) is 23.2 Å². The molecule has 0 aliphatic heterocycles. The van der Waals surface area contributed by atoms with Gasteiger partial charge in [-0.1, -0.05) is 34.6 Å². The summed E-state index contributed by atoms with van der Waals surface area (Å²) in [7, 11) is 2.20. The van der Waals surface area contributed by atoms with E-state index in [2.05, 4.69) is 46.6 Å². The molecule has 1 N–H and O–H groups in total. The first kappa shape index (κ1) is 17.0. The standard InChI is InChI=1S/C17H35NO/c1-13(2)9-10-18(6)12-14-11-15(17(3,4)5)7-8-16(14)19/h13-16,19H,7-12H2,1-6H3. The molecule has 1 aliphatic carbocycles. The number of rotatable bonds is 5. The van der Waals surface area contributed by atoms with Gasteiger partial charge in [0, 0.05) is 6.54 Å². The van der Waals surface area contributed by atoms with E-state index in [0.717, 1.165) is 31.3 Å². The van der Waals surface area contributed by atoms with E-state index in [0.29, 0.717) is 11.3 Å². The molecule has 1 aliphatic rings. The smallest absolute Gasteiger partial charge is 0.0580 e. The van der Waals surface area contributed by atoms with Crippen molar-refractivity contribution >= 4 is 0 Å². The molecule has 3 unspecified atom stereocenters. The highest BCUT2D eigenvalue weighted by atomic mass is 16.3. The third kappa shape index (κ3) is 5.83. The average molecular weight is 269 g/mol. The predicted octanol–water partition coefficient (Wildman–Crippen LogP) is 3.79. The highest BCUT2D eigenvalue weighted by molar-refractivity contribution is 4.86. The molecule has 114 valence electrons. The molecule has 0 amide bonds. The van der Waals surface area contributed by atoms with Gasteiger partial charge in [0.25, 0.3) is 0 Å². The third-order valence-electron chi connectivity index (χ3n) is 4.80. The van der Waals surface area contributed by atoms with Crippen LogP contribution in [-0.2, 0) is 0 Å². The summed E-state index contributed by atoms with van der Waals surface area (Å²) in [6.45, 7) is 13.8. The van der Waals surface area contributed by atoms with Crippen molar-refractivity contribution in [3.05, 3.63) is 0 Å². The molecule has 1 saturated carbocycles. The van der Waals surface area contributed by atoms with E-state index in [1.165, 1.54) is 19.3 Å². The van der Waals surface area contributed by atoms with Gasteiger partial charge in [-0.15, -0.1) is 0 Å². The van der Waals surface area contributed by atoms with Crippen LogP contribution in [0.25, 0.3) is 0 Å². The van der Waals surface area contributed by atoms with Gasteiger partial charge in [-0.3, -0.25) is 0 Å². The monoisotopic (exact) mass is 269 g/mol. The largest absolute Gasteiger partial charge is 0.393 e. The van der Waals surface area contributed by atoms with Crippen molar-refractivity contribution in [3.8, 4) is 0 Å². The van der Waals surface area contributed by atoms with Crippen molar-refractivity contribution in [3.63, 3.8) is 0 Å². The second kappa shape index (κ2) is 7.08. The lowest BCUT2D eigenvalue weighted by atomic mass is 9.68. The fourth-order valence-corrected chi connectivity index (χ4v) is 3.20. The summed E-state index contributed by atoms with van der Waals surface area (Å²) < 4.78 is 0. The highest BCUT2D eigenvalue weighted by Crippen LogP contribution is 2.40. The normalized spacial score (nSPS) is 29.2. The van der Waals surface area contributed by atoms with E-state index in [1.54, 1.807) is 0 Å². The van der Waals surface area contributed by atoms with Gasteiger partial charge in [0.1, 0.15) is 0 Å². The molecule has 19 heavy (non-hydrogen) atoms. The van der Waals surface area contributed by atoms with Crippen molar-refractivity contribution in [2.45, 2.75) is 66.4 Å². The number of aliphatic hydroxyl groups is 1. The molecular weight excluding hydrogens is 234 g/mol. The van der Waals surface area contributed by atoms with Gasteiger partial charge in [0.15, 0.2) is 0 Å².